The van der Waals surface area contributed by atoms with Gasteiger partial charge in [-0.15, -0.1) is 0 Å². The van der Waals surface area contributed by atoms with Gasteiger partial charge in [0.15, 0.2) is 0 Å². The van der Waals surface area contributed by atoms with E-state index in [1.54, 1.807) is 0 Å². The molecule has 0 unspecified atom stereocenters. The van der Waals surface area contributed by atoms with Crippen LogP contribution in [-0.4, -0.2) is 17.0 Å². The minimum Gasteiger partial charge on any atom is -0.392 e. The van der Waals surface area contributed by atoms with Gasteiger partial charge in [-0.3, -0.25) is 0 Å². The zero-order chi connectivity index (χ0) is 7.11. The third-order valence-electron chi connectivity index (χ3n) is 1.14. The minimum absolute atomic E-state index is 0.175. The Bertz CT molecular complexity index is 88.9. The van der Waals surface area contributed by atoms with E-state index in [4.69, 9.17) is 5.11 Å². The Balaban J connectivity index is 3.25. The van der Waals surface area contributed by atoms with Gasteiger partial charge in [0.25, 0.3) is 0 Å². The summed E-state index contributed by atoms with van der Waals surface area (Å²) in [5, 5.41) is 9.49. The topological polar surface area (TPSA) is 20.2 Å². The second kappa shape index (κ2) is 6.30. The lowest BCUT2D eigenvalue weighted by Gasteiger charge is -1.95. The van der Waals surface area contributed by atoms with E-state index in [-0.39, 0.29) is 6.61 Å². The lowest BCUT2D eigenvalue weighted by atomic mass is 10.2. The molecule has 0 saturated heterocycles. The molecule has 0 aromatic carbocycles. The van der Waals surface area contributed by atoms with Crippen LogP contribution in [0.15, 0.2) is 11.6 Å². The number of hydrogen-bond acceptors (Lipinski definition) is 1. The smallest absolute Gasteiger partial charge is 0.0614 e. The zero-order valence-electron chi connectivity index (χ0n) is 5.73. The maximum absolute atomic E-state index is 8.45. The van der Waals surface area contributed by atoms with E-state index in [1.165, 1.54) is 5.57 Å². The predicted octanol–water partition coefficient (Wildman–Crippen LogP) is 2.10. The molecule has 0 aliphatic rings. The number of hydrogen-bond donors (Lipinski definition) is 1. The number of allylic oxidation sites excluding steroid dienone is 1. The van der Waals surface area contributed by atoms with Crippen molar-refractivity contribution in [2.45, 2.75) is 19.8 Å². The van der Waals surface area contributed by atoms with Crippen LogP contribution in [0, 0.1) is 0 Å². The molecule has 0 aromatic heterocycles. The van der Waals surface area contributed by atoms with Gasteiger partial charge in [0.2, 0.25) is 0 Å². The largest absolute Gasteiger partial charge is 0.392 e. The van der Waals surface area contributed by atoms with E-state index in [1.807, 2.05) is 13.0 Å². The highest BCUT2D eigenvalue weighted by Crippen LogP contribution is 2.04. The van der Waals surface area contributed by atoms with Gasteiger partial charge >= 0.3 is 0 Å². The van der Waals surface area contributed by atoms with Crippen molar-refractivity contribution in [3.05, 3.63) is 11.6 Å². The molecule has 0 atom stereocenters. The molecule has 0 saturated carbocycles. The SMILES string of the molecule is C/C(=C\CO)CCCBr. The van der Waals surface area contributed by atoms with Crippen LogP contribution in [0.25, 0.3) is 0 Å². The Hall–Kier alpha value is 0.180. The maximum atomic E-state index is 8.45. The van der Waals surface area contributed by atoms with Crippen molar-refractivity contribution in [1.29, 1.82) is 0 Å². The molecule has 0 bridgehead atoms. The van der Waals surface area contributed by atoms with Crippen molar-refractivity contribution in [3.8, 4) is 0 Å². The Morgan fingerprint density at radius 2 is 2.33 bits per heavy atom. The van der Waals surface area contributed by atoms with Crippen molar-refractivity contribution in [2.24, 2.45) is 0 Å². The number of aliphatic hydroxyl groups excluding tert-OH is 1. The fourth-order valence-electron chi connectivity index (χ4n) is 0.604. The Morgan fingerprint density at radius 1 is 1.67 bits per heavy atom. The van der Waals surface area contributed by atoms with E-state index in [2.05, 4.69) is 15.9 Å². The predicted molar refractivity (Wildman–Crippen MR) is 43.9 cm³/mol. The number of rotatable bonds is 4. The van der Waals surface area contributed by atoms with Gasteiger partial charge in [0, 0.05) is 5.33 Å². The van der Waals surface area contributed by atoms with E-state index >= 15 is 0 Å². The summed E-state index contributed by atoms with van der Waals surface area (Å²) in [5.41, 5.74) is 1.27. The van der Waals surface area contributed by atoms with Gasteiger partial charge in [0.1, 0.15) is 0 Å². The first-order valence-corrected chi connectivity index (χ1v) is 4.26. The first-order chi connectivity index (χ1) is 4.31. The van der Waals surface area contributed by atoms with Gasteiger partial charge in [-0.25, -0.2) is 0 Å². The third-order valence-corrected chi connectivity index (χ3v) is 1.71. The molecule has 2 heteroatoms. The van der Waals surface area contributed by atoms with Gasteiger partial charge in [-0.05, 0) is 19.8 Å². The van der Waals surface area contributed by atoms with Crippen LogP contribution in [0.4, 0.5) is 0 Å². The summed E-state index contributed by atoms with van der Waals surface area (Å²) in [6.45, 7) is 2.22. The maximum Gasteiger partial charge on any atom is 0.0614 e. The third kappa shape index (κ3) is 6.06. The summed E-state index contributed by atoms with van der Waals surface area (Å²) < 4.78 is 0. The zero-order valence-corrected chi connectivity index (χ0v) is 7.32. The van der Waals surface area contributed by atoms with Crippen LogP contribution in [-0.2, 0) is 0 Å². The lowest BCUT2D eigenvalue weighted by Crippen LogP contribution is -1.81. The van der Waals surface area contributed by atoms with Crippen LogP contribution in [0.3, 0.4) is 0 Å². The van der Waals surface area contributed by atoms with E-state index in [9.17, 15) is 0 Å². The van der Waals surface area contributed by atoms with Crippen LogP contribution < -0.4 is 0 Å². The molecule has 9 heavy (non-hydrogen) atoms. The second-order valence-corrected chi connectivity index (χ2v) is 2.82. The second-order valence-electron chi connectivity index (χ2n) is 2.03. The summed E-state index contributed by atoms with van der Waals surface area (Å²) in [4.78, 5) is 0. The molecule has 0 aromatic rings. The minimum atomic E-state index is 0.175. The van der Waals surface area contributed by atoms with E-state index in [0.717, 1.165) is 18.2 Å². The highest BCUT2D eigenvalue weighted by molar-refractivity contribution is 9.09. The Kier molecular flexibility index (Phi) is 6.43. The Labute approximate surface area is 64.9 Å². The van der Waals surface area contributed by atoms with Crippen LogP contribution >= 0.6 is 15.9 Å². The molecule has 0 spiro atoms. The molecule has 0 heterocycles. The molecular formula is C7H13BrO. The average molecular weight is 193 g/mol. The molecule has 0 fully saturated rings. The van der Waals surface area contributed by atoms with E-state index < -0.39 is 0 Å². The van der Waals surface area contributed by atoms with E-state index in [0.29, 0.717) is 0 Å². The van der Waals surface area contributed by atoms with Gasteiger partial charge in [-0.2, -0.15) is 0 Å². The Morgan fingerprint density at radius 3 is 2.78 bits per heavy atom. The molecule has 0 radical (unpaired) electrons. The van der Waals surface area contributed by atoms with Crippen molar-refractivity contribution in [1.82, 2.24) is 0 Å². The van der Waals surface area contributed by atoms with Crippen LogP contribution in [0.5, 0.6) is 0 Å². The normalized spacial score (nSPS) is 12.1. The highest BCUT2D eigenvalue weighted by atomic mass is 79.9. The lowest BCUT2D eigenvalue weighted by molar-refractivity contribution is 0.341. The van der Waals surface area contributed by atoms with Crippen molar-refractivity contribution >= 4 is 15.9 Å². The molecule has 1 N–H and O–H groups in total. The summed E-state index contributed by atoms with van der Waals surface area (Å²) in [5.74, 6) is 0. The molecule has 54 valence electrons. The fraction of sp³-hybridized carbons (Fsp3) is 0.714. The van der Waals surface area contributed by atoms with Crippen LogP contribution in [0.2, 0.25) is 0 Å². The summed E-state index contributed by atoms with van der Waals surface area (Å²) in [6, 6.07) is 0. The highest BCUT2D eigenvalue weighted by Gasteiger charge is 1.86. The summed E-state index contributed by atoms with van der Waals surface area (Å²) in [6.07, 6.45) is 4.09. The molecule has 0 aliphatic heterocycles. The molecular weight excluding hydrogens is 180 g/mol. The molecule has 0 rings (SSSR count). The number of alkyl halides is 1. The van der Waals surface area contributed by atoms with Crippen LogP contribution in [0.1, 0.15) is 19.8 Å². The molecule has 0 amide bonds. The van der Waals surface area contributed by atoms with Crippen molar-refractivity contribution in [3.63, 3.8) is 0 Å². The number of aliphatic hydroxyl groups is 1. The fourth-order valence-corrected chi connectivity index (χ4v) is 0.884. The first-order valence-electron chi connectivity index (χ1n) is 3.13. The molecule has 0 aliphatic carbocycles. The quantitative estimate of drug-likeness (QED) is 0.535. The van der Waals surface area contributed by atoms with Gasteiger partial charge in [-0.1, -0.05) is 27.6 Å². The average Bonchev–Trinajstić information content (AvgIpc) is 1.85. The first kappa shape index (κ1) is 9.18. The summed E-state index contributed by atoms with van der Waals surface area (Å²) in [7, 11) is 0. The standard InChI is InChI=1S/C7H13BrO/c1-7(4-6-9)3-2-5-8/h4,9H,2-3,5-6H2,1H3/b7-4+. The van der Waals surface area contributed by atoms with Crippen molar-refractivity contribution in [2.75, 3.05) is 11.9 Å². The van der Waals surface area contributed by atoms with Gasteiger partial charge < -0.3 is 5.11 Å². The van der Waals surface area contributed by atoms with Gasteiger partial charge in [0.05, 0.1) is 6.61 Å². The summed E-state index contributed by atoms with van der Waals surface area (Å²) >= 11 is 3.34. The monoisotopic (exact) mass is 192 g/mol. The number of halogens is 1. The molecule has 1 nitrogen and oxygen atoms in total. The van der Waals surface area contributed by atoms with Crippen molar-refractivity contribution < 1.29 is 5.11 Å².